The summed E-state index contributed by atoms with van der Waals surface area (Å²) in [5.41, 5.74) is 4.94. The molecule has 0 radical (unpaired) electrons. The molecule has 0 atom stereocenters. The Labute approximate surface area is 188 Å². The molecule has 7 nitrogen and oxygen atoms in total. The summed E-state index contributed by atoms with van der Waals surface area (Å²) in [6, 6.07) is 10.3. The summed E-state index contributed by atoms with van der Waals surface area (Å²) in [4.78, 5) is 25.2. The Bertz CT molecular complexity index is 1110. The third-order valence-electron chi connectivity index (χ3n) is 6.39. The number of rotatable bonds is 5. The van der Waals surface area contributed by atoms with Crippen molar-refractivity contribution < 1.29 is 4.79 Å². The van der Waals surface area contributed by atoms with Crippen molar-refractivity contribution in [3.63, 3.8) is 0 Å². The molecular formula is C25H28N6O. The van der Waals surface area contributed by atoms with E-state index in [0.717, 1.165) is 59.1 Å². The number of anilines is 4. The molecule has 3 heterocycles. The van der Waals surface area contributed by atoms with Gasteiger partial charge in [-0.1, -0.05) is 6.92 Å². The second-order valence-electron chi connectivity index (χ2n) is 8.84. The lowest BCUT2D eigenvalue weighted by Gasteiger charge is -2.28. The number of carbonyl (C=O) groups is 1. The largest absolute Gasteiger partial charge is 0.367 e. The summed E-state index contributed by atoms with van der Waals surface area (Å²) >= 11 is 0. The highest BCUT2D eigenvalue weighted by Gasteiger charge is 2.21. The van der Waals surface area contributed by atoms with Gasteiger partial charge in [-0.05, 0) is 79.5 Å². The molecule has 164 valence electrons. The number of fused-ring (bicyclic) bond motifs is 1. The van der Waals surface area contributed by atoms with Crippen LogP contribution in [0.15, 0.2) is 48.9 Å². The Balaban J connectivity index is 1.41. The van der Waals surface area contributed by atoms with Crippen molar-refractivity contribution in [3.8, 4) is 11.1 Å². The molecule has 2 aromatic heterocycles. The average molecular weight is 429 g/mol. The molecule has 0 unspecified atom stereocenters. The van der Waals surface area contributed by atoms with E-state index in [0.29, 0.717) is 18.4 Å². The zero-order valence-corrected chi connectivity index (χ0v) is 18.3. The second-order valence-corrected chi connectivity index (χ2v) is 8.84. The molecule has 1 saturated carbocycles. The normalized spacial score (nSPS) is 20.2. The van der Waals surface area contributed by atoms with E-state index in [1.165, 1.54) is 12.8 Å². The maximum Gasteiger partial charge on any atom is 0.229 e. The summed E-state index contributed by atoms with van der Waals surface area (Å²) in [5, 5.41) is 9.95. The lowest BCUT2D eigenvalue weighted by Crippen LogP contribution is -2.26. The summed E-state index contributed by atoms with van der Waals surface area (Å²) in [6.07, 6.45) is 11.5. The molecule has 5 rings (SSSR count). The summed E-state index contributed by atoms with van der Waals surface area (Å²) in [6.45, 7) is 2.33. The van der Waals surface area contributed by atoms with E-state index in [9.17, 15) is 4.79 Å². The number of nitrogens with zero attached hydrogens (tertiary/aromatic N) is 3. The van der Waals surface area contributed by atoms with Gasteiger partial charge in [0.2, 0.25) is 11.9 Å². The number of amides is 1. The van der Waals surface area contributed by atoms with Crippen LogP contribution in [0.3, 0.4) is 0 Å². The van der Waals surface area contributed by atoms with Crippen LogP contribution in [-0.2, 0) is 11.2 Å². The van der Waals surface area contributed by atoms with Gasteiger partial charge in [-0.15, -0.1) is 0 Å². The molecule has 1 fully saturated rings. The van der Waals surface area contributed by atoms with E-state index in [1.807, 2.05) is 30.5 Å². The van der Waals surface area contributed by atoms with Crippen molar-refractivity contribution in [2.45, 2.75) is 51.5 Å². The fraction of sp³-hybridized carbons (Fsp3) is 0.360. The molecule has 3 N–H and O–H groups in total. The highest BCUT2D eigenvalue weighted by atomic mass is 16.1. The first-order valence-electron chi connectivity index (χ1n) is 11.4. The highest BCUT2D eigenvalue weighted by Crippen LogP contribution is 2.32. The van der Waals surface area contributed by atoms with Gasteiger partial charge < -0.3 is 16.0 Å². The number of pyridine rings is 1. The predicted molar refractivity (Wildman–Crippen MR) is 127 cm³/mol. The molecule has 32 heavy (non-hydrogen) atoms. The lowest BCUT2D eigenvalue weighted by molar-refractivity contribution is -0.116. The molecule has 0 spiro atoms. The number of aromatic nitrogens is 3. The number of benzene rings is 1. The van der Waals surface area contributed by atoms with Gasteiger partial charge in [0.05, 0.1) is 0 Å². The van der Waals surface area contributed by atoms with Gasteiger partial charge in [0.15, 0.2) is 0 Å². The van der Waals surface area contributed by atoms with Crippen LogP contribution in [0.5, 0.6) is 0 Å². The van der Waals surface area contributed by atoms with Gasteiger partial charge in [0, 0.05) is 48.0 Å². The van der Waals surface area contributed by atoms with E-state index in [4.69, 9.17) is 4.98 Å². The van der Waals surface area contributed by atoms with Crippen LogP contribution in [0.1, 0.15) is 44.6 Å². The van der Waals surface area contributed by atoms with E-state index < -0.39 is 0 Å². The van der Waals surface area contributed by atoms with E-state index in [2.05, 4.69) is 38.9 Å². The number of hydrogen-bond acceptors (Lipinski definition) is 6. The van der Waals surface area contributed by atoms with E-state index in [-0.39, 0.29) is 5.91 Å². The molecule has 1 aliphatic heterocycles. The minimum atomic E-state index is 0.0704. The van der Waals surface area contributed by atoms with Crippen LogP contribution in [0.4, 0.5) is 23.1 Å². The Kier molecular flexibility index (Phi) is 5.71. The van der Waals surface area contributed by atoms with Crippen molar-refractivity contribution >= 4 is 29.0 Å². The monoisotopic (exact) mass is 428 g/mol. The maximum atomic E-state index is 11.6. The van der Waals surface area contributed by atoms with Gasteiger partial charge in [-0.2, -0.15) is 4.98 Å². The minimum absolute atomic E-state index is 0.0704. The lowest BCUT2D eigenvalue weighted by atomic mass is 9.87. The second kappa shape index (κ2) is 8.94. The molecule has 7 heteroatoms. The van der Waals surface area contributed by atoms with Crippen LogP contribution < -0.4 is 16.0 Å². The van der Waals surface area contributed by atoms with Crippen LogP contribution >= 0.6 is 0 Å². The summed E-state index contributed by atoms with van der Waals surface area (Å²) in [5.74, 6) is 2.26. The van der Waals surface area contributed by atoms with Crippen molar-refractivity contribution in [2.24, 2.45) is 5.92 Å². The zero-order valence-electron chi connectivity index (χ0n) is 18.3. The van der Waals surface area contributed by atoms with Gasteiger partial charge in [-0.25, -0.2) is 4.98 Å². The van der Waals surface area contributed by atoms with Gasteiger partial charge >= 0.3 is 0 Å². The quantitative estimate of drug-likeness (QED) is 0.520. The Morgan fingerprint density at radius 3 is 2.66 bits per heavy atom. The van der Waals surface area contributed by atoms with Crippen molar-refractivity contribution in [2.75, 3.05) is 16.0 Å². The molecular weight excluding hydrogens is 400 g/mol. The Morgan fingerprint density at radius 1 is 1.03 bits per heavy atom. The van der Waals surface area contributed by atoms with E-state index >= 15 is 0 Å². The molecule has 1 amide bonds. The molecule has 3 aromatic rings. The molecule has 0 saturated heterocycles. The van der Waals surface area contributed by atoms with Crippen LogP contribution in [-0.4, -0.2) is 26.9 Å². The fourth-order valence-electron chi connectivity index (χ4n) is 4.48. The van der Waals surface area contributed by atoms with Crippen LogP contribution in [0, 0.1) is 5.92 Å². The molecule has 0 bridgehead atoms. The predicted octanol–water partition coefficient (Wildman–Crippen LogP) is 5.16. The standard InChI is InChI=1S/C25H28N6O/c1-16-2-5-19(6-3-16)28-24-21(17-10-12-26-13-11-17)15-27-25(31-24)29-20-7-8-22-18(14-20)4-9-23(32)30-22/h7-8,10-16,19H,2-6,9H2,1H3,(H,30,32)(H2,27,28,29,31)/t16-,19+. The van der Waals surface area contributed by atoms with Gasteiger partial charge in [0.25, 0.3) is 0 Å². The Morgan fingerprint density at radius 2 is 1.84 bits per heavy atom. The van der Waals surface area contributed by atoms with Crippen LogP contribution in [0.25, 0.3) is 11.1 Å². The fourth-order valence-corrected chi connectivity index (χ4v) is 4.48. The van der Waals surface area contributed by atoms with Crippen molar-refractivity contribution in [3.05, 3.63) is 54.5 Å². The van der Waals surface area contributed by atoms with E-state index in [1.54, 1.807) is 12.4 Å². The molecule has 1 aromatic carbocycles. The summed E-state index contributed by atoms with van der Waals surface area (Å²) < 4.78 is 0. The van der Waals surface area contributed by atoms with Crippen molar-refractivity contribution in [1.82, 2.24) is 15.0 Å². The minimum Gasteiger partial charge on any atom is -0.367 e. The maximum absolute atomic E-state index is 11.6. The topological polar surface area (TPSA) is 91.8 Å². The van der Waals surface area contributed by atoms with Gasteiger partial charge in [-0.3, -0.25) is 9.78 Å². The summed E-state index contributed by atoms with van der Waals surface area (Å²) in [7, 11) is 0. The first-order valence-corrected chi connectivity index (χ1v) is 11.4. The smallest absolute Gasteiger partial charge is 0.229 e. The first-order chi connectivity index (χ1) is 15.6. The third-order valence-corrected chi connectivity index (χ3v) is 6.39. The number of aryl methyl sites for hydroxylation is 1. The van der Waals surface area contributed by atoms with Crippen LogP contribution in [0.2, 0.25) is 0 Å². The molecule has 1 aliphatic carbocycles. The third kappa shape index (κ3) is 4.56. The first kappa shape index (κ1) is 20.4. The Hall–Kier alpha value is -3.48. The highest BCUT2D eigenvalue weighted by molar-refractivity contribution is 5.94. The number of nitrogens with one attached hydrogen (secondary N) is 3. The van der Waals surface area contributed by atoms with Gasteiger partial charge in [0.1, 0.15) is 5.82 Å². The number of hydrogen-bond donors (Lipinski definition) is 3. The number of carbonyl (C=O) groups excluding carboxylic acids is 1. The zero-order chi connectivity index (χ0) is 21.9. The SMILES string of the molecule is C[C@H]1CC[C@@H](Nc2nc(Nc3ccc4c(c3)CCC(=O)N4)ncc2-c2ccncc2)CC1. The van der Waals surface area contributed by atoms with Crippen molar-refractivity contribution in [1.29, 1.82) is 0 Å². The molecule has 2 aliphatic rings. The average Bonchev–Trinajstić information content (AvgIpc) is 2.81.